The van der Waals surface area contributed by atoms with Crippen LogP contribution in [0, 0.1) is 5.82 Å². The van der Waals surface area contributed by atoms with Crippen LogP contribution in [0.1, 0.15) is 12.5 Å². The fraction of sp³-hybridized carbons (Fsp3) is 0.538. The number of hydrogen-bond donors (Lipinski definition) is 1. The minimum atomic E-state index is -0.162. The largest absolute Gasteiger partial charge is 0.378 e. The highest BCUT2D eigenvalue weighted by Crippen LogP contribution is 2.26. The third-order valence-corrected chi connectivity index (χ3v) is 2.94. The van der Waals surface area contributed by atoms with E-state index in [9.17, 15) is 4.39 Å². The van der Waals surface area contributed by atoms with E-state index in [2.05, 4.69) is 4.90 Å². The van der Waals surface area contributed by atoms with Gasteiger partial charge in [0.15, 0.2) is 0 Å². The van der Waals surface area contributed by atoms with Crippen LogP contribution in [0.15, 0.2) is 18.2 Å². The Morgan fingerprint density at radius 1 is 1.41 bits per heavy atom. The summed E-state index contributed by atoms with van der Waals surface area (Å²) in [5.41, 5.74) is 7.50. The van der Waals surface area contributed by atoms with E-state index in [0.29, 0.717) is 25.3 Å². The number of morpholine rings is 1. The van der Waals surface area contributed by atoms with Gasteiger partial charge < -0.3 is 15.4 Å². The molecule has 0 saturated carbocycles. The van der Waals surface area contributed by atoms with Crippen molar-refractivity contribution in [2.75, 3.05) is 31.2 Å². The Hall–Kier alpha value is -1.13. The van der Waals surface area contributed by atoms with E-state index in [0.717, 1.165) is 18.7 Å². The molecule has 1 atom stereocenters. The van der Waals surface area contributed by atoms with E-state index < -0.39 is 0 Å². The number of ether oxygens (including phenoxy) is 1. The average Bonchev–Trinajstić information content (AvgIpc) is 2.29. The predicted octanol–water partition coefficient (Wildman–Crippen LogP) is 1.55. The number of nitrogens with two attached hydrogens (primary N) is 1. The van der Waals surface area contributed by atoms with Crippen molar-refractivity contribution < 1.29 is 9.13 Å². The van der Waals surface area contributed by atoms with Crippen molar-refractivity contribution in [3.05, 3.63) is 29.6 Å². The summed E-state index contributed by atoms with van der Waals surface area (Å²) in [6.45, 7) is 4.74. The van der Waals surface area contributed by atoms with E-state index >= 15 is 0 Å². The molecule has 2 rings (SSSR count). The molecule has 4 heteroatoms. The second kappa shape index (κ2) is 5.47. The van der Waals surface area contributed by atoms with Gasteiger partial charge in [0.25, 0.3) is 0 Å². The van der Waals surface area contributed by atoms with Gasteiger partial charge in [-0.1, -0.05) is 12.1 Å². The van der Waals surface area contributed by atoms with E-state index in [4.69, 9.17) is 10.5 Å². The summed E-state index contributed by atoms with van der Waals surface area (Å²) in [6, 6.07) is 5.25. The van der Waals surface area contributed by atoms with Crippen molar-refractivity contribution >= 4 is 5.69 Å². The molecular formula is C13H19FN2O. The lowest BCUT2D eigenvalue weighted by Gasteiger charge is -2.31. The van der Waals surface area contributed by atoms with E-state index in [1.165, 1.54) is 6.07 Å². The first-order valence-corrected chi connectivity index (χ1v) is 6.04. The topological polar surface area (TPSA) is 38.5 Å². The van der Waals surface area contributed by atoms with E-state index in [-0.39, 0.29) is 11.9 Å². The summed E-state index contributed by atoms with van der Waals surface area (Å²) in [4.78, 5) is 2.05. The molecule has 0 bridgehead atoms. The highest BCUT2D eigenvalue weighted by molar-refractivity contribution is 5.55. The third kappa shape index (κ3) is 2.96. The van der Waals surface area contributed by atoms with Crippen molar-refractivity contribution in [3.8, 4) is 0 Å². The van der Waals surface area contributed by atoms with Crippen molar-refractivity contribution in [2.45, 2.75) is 19.4 Å². The third-order valence-electron chi connectivity index (χ3n) is 2.94. The van der Waals surface area contributed by atoms with E-state index in [1.54, 1.807) is 6.07 Å². The highest BCUT2D eigenvalue weighted by atomic mass is 19.1. The summed E-state index contributed by atoms with van der Waals surface area (Å²) in [5.74, 6) is -0.162. The molecule has 17 heavy (non-hydrogen) atoms. The van der Waals surface area contributed by atoms with Crippen LogP contribution in [0.2, 0.25) is 0 Å². The fourth-order valence-corrected chi connectivity index (χ4v) is 2.21. The van der Waals surface area contributed by atoms with Crippen LogP contribution < -0.4 is 10.6 Å². The number of halogens is 1. The van der Waals surface area contributed by atoms with Gasteiger partial charge in [-0.2, -0.15) is 0 Å². The number of para-hydroxylation sites is 1. The lowest BCUT2D eigenvalue weighted by molar-refractivity contribution is 0.122. The Morgan fingerprint density at radius 3 is 2.76 bits per heavy atom. The van der Waals surface area contributed by atoms with Crippen LogP contribution in [0.4, 0.5) is 10.1 Å². The molecule has 94 valence electrons. The Balaban J connectivity index is 2.28. The normalized spacial score (nSPS) is 18.2. The molecule has 0 radical (unpaired) electrons. The van der Waals surface area contributed by atoms with E-state index in [1.807, 2.05) is 13.0 Å². The molecule has 1 aromatic carbocycles. The van der Waals surface area contributed by atoms with Crippen LogP contribution in [-0.2, 0) is 11.2 Å². The summed E-state index contributed by atoms with van der Waals surface area (Å²) in [7, 11) is 0. The number of hydrogen-bond acceptors (Lipinski definition) is 3. The zero-order valence-corrected chi connectivity index (χ0v) is 10.2. The maximum absolute atomic E-state index is 14.0. The number of rotatable bonds is 3. The molecule has 1 fully saturated rings. The smallest absolute Gasteiger partial charge is 0.146 e. The second-order valence-electron chi connectivity index (χ2n) is 4.53. The Bertz CT molecular complexity index is 376. The van der Waals surface area contributed by atoms with Crippen LogP contribution in [0.25, 0.3) is 0 Å². The minimum absolute atomic E-state index is 0.0385. The summed E-state index contributed by atoms with van der Waals surface area (Å²) >= 11 is 0. The van der Waals surface area contributed by atoms with Gasteiger partial charge in [0, 0.05) is 19.1 Å². The van der Waals surface area contributed by atoms with Gasteiger partial charge >= 0.3 is 0 Å². The summed E-state index contributed by atoms with van der Waals surface area (Å²) < 4.78 is 19.3. The average molecular weight is 238 g/mol. The van der Waals surface area contributed by atoms with Gasteiger partial charge in [-0.15, -0.1) is 0 Å². The number of benzene rings is 1. The van der Waals surface area contributed by atoms with Gasteiger partial charge in [-0.05, 0) is 25.0 Å². The predicted molar refractivity (Wildman–Crippen MR) is 66.8 cm³/mol. The molecule has 1 aliphatic rings. The molecule has 3 nitrogen and oxygen atoms in total. The van der Waals surface area contributed by atoms with Crippen LogP contribution >= 0.6 is 0 Å². The van der Waals surface area contributed by atoms with Crippen LogP contribution in [0.5, 0.6) is 0 Å². The molecule has 1 heterocycles. The summed E-state index contributed by atoms with van der Waals surface area (Å²) in [5, 5.41) is 0. The zero-order chi connectivity index (χ0) is 12.3. The molecular weight excluding hydrogens is 219 g/mol. The molecule has 1 aliphatic heterocycles. The van der Waals surface area contributed by atoms with Crippen molar-refractivity contribution in [1.29, 1.82) is 0 Å². The molecule has 1 unspecified atom stereocenters. The first-order chi connectivity index (χ1) is 8.18. The molecule has 1 aromatic rings. The molecule has 0 aliphatic carbocycles. The Labute approximate surface area is 101 Å². The van der Waals surface area contributed by atoms with Gasteiger partial charge in [0.05, 0.1) is 18.9 Å². The van der Waals surface area contributed by atoms with Crippen molar-refractivity contribution in [2.24, 2.45) is 5.73 Å². The van der Waals surface area contributed by atoms with Crippen LogP contribution in [0.3, 0.4) is 0 Å². The van der Waals surface area contributed by atoms with Crippen molar-refractivity contribution in [3.63, 3.8) is 0 Å². The quantitative estimate of drug-likeness (QED) is 0.868. The van der Waals surface area contributed by atoms with Crippen molar-refractivity contribution in [1.82, 2.24) is 0 Å². The first kappa shape index (κ1) is 12.3. The standard InChI is InChI=1S/C13H19FN2O/c1-10(15)9-11-3-2-4-12(14)13(11)16-5-7-17-8-6-16/h2-4,10H,5-9,15H2,1H3. The van der Waals surface area contributed by atoms with Gasteiger partial charge in [-0.25, -0.2) is 4.39 Å². The molecule has 1 saturated heterocycles. The SMILES string of the molecule is CC(N)Cc1cccc(F)c1N1CCOCC1. The lowest BCUT2D eigenvalue weighted by Crippen LogP contribution is -2.37. The fourth-order valence-electron chi connectivity index (χ4n) is 2.21. The summed E-state index contributed by atoms with van der Waals surface area (Å²) in [6.07, 6.45) is 0.699. The Kier molecular flexibility index (Phi) is 3.97. The maximum atomic E-state index is 14.0. The number of nitrogens with zero attached hydrogens (tertiary/aromatic N) is 1. The molecule has 2 N–H and O–H groups in total. The van der Waals surface area contributed by atoms with Gasteiger partial charge in [0.1, 0.15) is 5.82 Å². The molecule has 0 spiro atoms. The van der Waals surface area contributed by atoms with Gasteiger partial charge in [0.2, 0.25) is 0 Å². The van der Waals surface area contributed by atoms with Crippen LogP contribution in [-0.4, -0.2) is 32.3 Å². The molecule has 0 aromatic heterocycles. The zero-order valence-electron chi connectivity index (χ0n) is 10.2. The van der Waals surface area contributed by atoms with Gasteiger partial charge in [-0.3, -0.25) is 0 Å². The maximum Gasteiger partial charge on any atom is 0.146 e. The second-order valence-corrected chi connectivity index (χ2v) is 4.53. The lowest BCUT2D eigenvalue weighted by atomic mass is 10.0. The molecule has 0 amide bonds. The minimum Gasteiger partial charge on any atom is -0.378 e. The monoisotopic (exact) mass is 238 g/mol. The Morgan fingerprint density at radius 2 is 2.12 bits per heavy atom. The first-order valence-electron chi connectivity index (χ1n) is 6.04. The number of anilines is 1. The highest BCUT2D eigenvalue weighted by Gasteiger charge is 2.18.